The number of hydrogen-bond donors (Lipinski definition) is 3. The molecule has 35 heavy (non-hydrogen) atoms. The summed E-state index contributed by atoms with van der Waals surface area (Å²) in [5.74, 6) is 0.303. The second-order valence-corrected chi connectivity index (χ2v) is 8.43. The van der Waals surface area contributed by atoms with Crippen LogP contribution in [-0.2, 0) is 11.3 Å². The molecule has 0 spiro atoms. The molecule has 0 radical (unpaired) electrons. The van der Waals surface area contributed by atoms with E-state index >= 15 is 0 Å². The lowest BCUT2D eigenvalue weighted by atomic mass is 10.1. The molecule has 3 N–H and O–H groups in total. The zero-order valence-corrected chi connectivity index (χ0v) is 19.4. The number of ether oxygens (including phenoxy) is 1. The van der Waals surface area contributed by atoms with Crippen molar-refractivity contribution in [1.82, 2.24) is 20.3 Å². The van der Waals surface area contributed by atoms with E-state index in [1.54, 1.807) is 18.6 Å². The Kier molecular flexibility index (Phi) is 6.74. The Morgan fingerprint density at radius 3 is 2.66 bits per heavy atom. The summed E-state index contributed by atoms with van der Waals surface area (Å²) in [4.78, 5) is 25.9. The molecule has 1 saturated heterocycles. The second kappa shape index (κ2) is 10.4. The van der Waals surface area contributed by atoms with Gasteiger partial charge in [-0.15, -0.1) is 0 Å². The predicted octanol–water partition coefficient (Wildman–Crippen LogP) is 4.33. The zero-order valence-electron chi connectivity index (χ0n) is 19.4. The number of aromatic nitrogens is 3. The van der Waals surface area contributed by atoms with E-state index in [0.29, 0.717) is 23.2 Å². The minimum absolute atomic E-state index is 0.165. The van der Waals surface area contributed by atoms with Gasteiger partial charge in [-0.25, -0.2) is 9.97 Å². The highest BCUT2D eigenvalue weighted by atomic mass is 16.5. The van der Waals surface area contributed by atoms with Gasteiger partial charge in [0.2, 0.25) is 5.95 Å². The molecule has 8 heteroatoms. The molecule has 2 aromatic carbocycles. The first-order chi connectivity index (χ1) is 17.1. The van der Waals surface area contributed by atoms with Gasteiger partial charge in [0.1, 0.15) is 0 Å². The van der Waals surface area contributed by atoms with Crippen LogP contribution < -0.4 is 16.0 Å². The summed E-state index contributed by atoms with van der Waals surface area (Å²) in [6.07, 6.45) is 5.20. The van der Waals surface area contributed by atoms with Gasteiger partial charge in [-0.05, 0) is 60.5 Å². The summed E-state index contributed by atoms with van der Waals surface area (Å²) in [6, 6.07) is 19.4. The molecule has 0 aliphatic carbocycles. The Hall–Kier alpha value is -4.14. The molecule has 5 rings (SSSR count). The van der Waals surface area contributed by atoms with Crippen molar-refractivity contribution in [2.24, 2.45) is 0 Å². The van der Waals surface area contributed by atoms with Gasteiger partial charge in [-0.1, -0.05) is 18.2 Å². The number of carbonyl (C=O) groups excluding carboxylic acids is 1. The second-order valence-electron chi connectivity index (χ2n) is 8.43. The van der Waals surface area contributed by atoms with Crippen molar-refractivity contribution in [2.75, 3.05) is 23.8 Å². The number of benzene rings is 2. The first kappa shape index (κ1) is 22.6. The number of carbonyl (C=O) groups is 1. The van der Waals surface area contributed by atoms with Gasteiger partial charge in [-0.3, -0.25) is 9.78 Å². The maximum absolute atomic E-state index is 12.8. The Morgan fingerprint density at radius 2 is 1.91 bits per heavy atom. The molecule has 3 heterocycles. The third kappa shape index (κ3) is 5.68. The van der Waals surface area contributed by atoms with E-state index in [9.17, 15) is 4.79 Å². The van der Waals surface area contributed by atoms with E-state index in [-0.39, 0.29) is 5.91 Å². The fourth-order valence-corrected chi connectivity index (χ4v) is 3.64. The highest BCUT2D eigenvalue weighted by molar-refractivity contribution is 6.04. The monoisotopic (exact) mass is 466 g/mol. The lowest BCUT2D eigenvalue weighted by molar-refractivity contribution is -0.00578. The maximum atomic E-state index is 12.8. The van der Waals surface area contributed by atoms with Gasteiger partial charge < -0.3 is 20.7 Å². The van der Waals surface area contributed by atoms with Crippen molar-refractivity contribution in [3.63, 3.8) is 0 Å². The van der Waals surface area contributed by atoms with Gasteiger partial charge in [0, 0.05) is 47.6 Å². The summed E-state index contributed by atoms with van der Waals surface area (Å²) in [5.41, 5.74) is 5.92. The molecule has 2 aromatic heterocycles. The first-order valence-corrected chi connectivity index (χ1v) is 11.5. The molecule has 1 fully saturated rings. The van der Waals surface area contributed by atoms with Gasteiger partial charge in [0.15, 0.2) is 0 Å². The van der Waals surface area contributed by atoms with Crippen LogP contribution in [0.4, 0.5) is 17.3 Å². The number of aryl methyl sites for hydroxylation is 1. The van der Waals surface area contributed by atoms with Crippen LogP contribution in [0, 0.1) is 6.92 Å². The molecule has 0 saturated carbocycles. The first-order valence-electron chi connectivity index (χ1n) is 11.5. The topological polar surface area (TPSA) is 101 Å². The largest absolute Gasteiger partial charge is 0.378 e. The number of pyridine rings is 1. The summed E-state index contributed by atoms with van der Waals surface area (Å²) in [7, 11) is 0. The summed E-state index contributed by atoms with van der Waals surface area (Å²) in [6.45, 7) is 4.26. The van der Waals surface area contributed by atoms with E-state index in [4.69, 9.17) is 4.74 Å². The van der Waals surface area contributed by atoms with E-state index in [1.165, 1.54) is 0 Å². The average Bonchev–Trinajstić information content (AvgIpc) is 2.86. The highest BCUT2D eigenvalue weighted by Gasteiger charge is 2.17. The summed E-state index contributed by atoms with van der Waals surface area (Å²) >= 11 is 0. The van der Waals surface area contributed by atoms with Crippen LogP contribution in [0.1, 0.15) is 21.5 Å². The fourth-order valence-electron chi connectivity index (χ4n) is 3.64. The molecule has 1 aliphatic heterocycles. The maximum Gasteiger partial charge on any atom is 0.255 e. The van der Waals surface area contributed by atoms with E-state index in [1.807, 2.05) is 67.6 Å². The Bertz CT molecular complexity index is 1310. The van der Waals surface area contributed by atoms with Crippen LogP contribution in [0.2, 0.25) is 0 Å². The van der Waals surface area contributed by atoms with E-state index in [0.717, 1.165) is 47.8 Å². The molecule has 0 bridgehead atoms. The third-order valence-corrected chi connectivity index (χ3v) is 5.80. The Balaban J connectivity index is 1.25. The molecule has 1 aliphatic rings. The van der Waals surface area contributed by atoms with Crippen LogP contribution in [0.5, 0.6) is 0 Å². The number of anilines is 3. The number of hydrogen-bond acceptors (Lipinski definition) is 7. The molecular weight excluding hydrogens is 440 g/mol. The van der Waals surface area contributed by atoms with Gasteiger partial charge in [-0.2, -0.15) is 0 Å². The van der Waals surface area contributed by atoms with E-state index < -0.39 is 0 Å². The number of nitrogens with one attached hydrogen (secondary N) is 3. The fraction of sp³-hybridized carbons (Fsp3) is 0.185. The minimum Gasteiger partial charge on any atom is -0.378 e. The quantitative estimate of drug-likeness (QED) is 0.355. The van der Waals surface area contributed by atoms with Crippen molar-refractivity contribution in [2.45, 2.75) is 19.5 Å². The molecule has 1 amide bonds. The lowest BCUT2D eigenvalue weighted by Crippen LogP contribution is -2.45. The highest BCUT2D eigenvalue weighted by Crippen LogP contribution is 2.24. The zero-order chi connectivity index (χ0) is 24.0. The molecule has 8 nitrogen and oxygen atoms in total. The lowest BCUT2D eigenvalue weighted by Gasteiger charge is -2.27. The van der Waals surface area contributed by atoms with Crippen LogP contribution in [0.25, 0.3) is 11.3 Å². The Morgan fingerprint density at radius 1 is 1.06 bits per heavy atom. The predicted molar refractivity (Wildman–Crippen MR) is 136 cm³/mol. The van der Waals surface area contributed by atoms with Crippen LogP contribution >= 0.6 is 0 Å². The van der Waals surface area contributed by atoms with Crippen molar-refractivity contribution in [3.05, 3.63) is 95.9 Å². The average molecular weight is 467 g/mol. The number of rotatable bonds is 8. The van der Waals surface area contributed by atoms with Crippen molar-refractivity contribution < 1.29 is 9.53 Å². The smallest absolute Gasteiger partial charge is 0.255 e. The summed E-state index contributed by atoms with van der Waals surface area (Å²) < 4.78 is 5.17. The van der Waals surface area contributed by atoms with Crippen molar-refractivity contribution in [3.8, 4) is 11.3 Å². The SMILES string of the molecule is Cc1ccc(NC(=O)c2ccc(CNC3COC3)cc2)cc1Nc1nccc(-c2cccnc2)n1. The minimum atomic E-state index is -0.165. The summed E-state index contributed by atoms with van der Waals surface area (Å²) in [5, 5.41) is 9.66. The van der Waals surface area contributed by atoms with E-state index in [2.05, 4.69) is 30.9 Å². The van der Waals surface area contributed by atoms with Crippen LogP contribution in [-0.4, -0.2) is 40.1 Å². The molecule has 4 aromatic rings. The molecule has 176 valence electrons. The van der Waals surface area contributed by atoms with Gasteiger partial charge in [0.05, 0.1) is 24.9 Å². The number of amides is 1. The van der Waals surface area contributed by atoms with Gasteiger partial charge in [0.25, 0.3) is 5.91 Å². The van der Waals surface area contributed by atoms with Crippen molar-refractivity contribution in [1.29, 1.82) is 0 Å². The molecular formula is C27H26N6O2. The van der Waals surface area contributed by atoms with Gasteiger partial charge >= 0.3 is 0 Å². The molecule has 0 atom stereocenters. The Labute approximate surface area is 203 Å². The third-order valence-electron chi connectivity index (χ3n) is 5.80. The van der Waals surface area contributed by atoms with Crippen molar-refractivity contribution >= 4 is 23.2 Å². The van der Waals surface area contributed by atoms with Crippen LogP contribution in [0.3, 0.4) is 0 Å². The molecule has 0 unspecified atom stereocenters. The number of nitrogens with zero attached hydrogens (tertiary/aromatic N) is 3. The van der Waals surface area contributed by atoms with Crippen LogP contribution in [0.15, 0.2) is 79.3 Å². The standard InChI is InChI=1S/C27H26N6O2/c1-18-4-9-22(31-26(34)20-7-5-19(6-8-20)14-30-23-16-35-17-23)13-25(18)33-27-29-12-10-24(32-27)21-3-2-11-28-15-21/h2-13,15,23,30H,14,16-17H2,1H3,(H,31,34)(H,29,32,33). The normalized spacial score (nSPS) is 13.2.